The van der Waals surface area contributed by atoms with Crippen molar-refractivity contribution in [3.05, 3.63) is 22.9 Å². The fourth-order valence-electron chi connectivity index (χ4n) is 1.42. The highest BCUT2D eigenvalue weighted by Gasteiger charge is 2.02. The van der Waals surface area contributed by atoms with Crippen LogP contribution in [0.1, 0.15) is 27.2 Å². The number of ether oxygens (including phenoxy) is 1. The van der Waals surface area contributed by atoms with Gasteiger partial charge in [0, 0.05) is 18.9 Å². The van der Waals surface area contributed by atoms with Crippen LogP contribution < -0.4 is 5.69 Å². The van der Waals surface area contributed by atoms with Crippen LogP contribution in [-0.2, 0) is 17.8 Å². The molecule has 0 N–H and O–H groups in total. The first-order valence-electron chi connectivity index (χ1n) is 5.52. The van der Waals surface area contributed by atoms with E-state index in [1.807, 2.05) is 26.2 Å². The van der Waals surface area contributed by atoms with Gasteiger partial charge in [0.1, 0.15) is 0 Å². The maximum Gasteiger partial charge on any atom is 0.328 e. The van der Waals surface area contributed by atoms with E-state index < -0.39 is 0 Å². The van der Waals surface area contributed by atoms with Gasteiger partial charge in [-0.05, 0) is 20.3 Å². The molecule has 0 fully saturated rings. The van der Waals surface area contributed by atoms with E-state index in [2.05, 4.69) is 6.92 Å². The Kier molecular flexibility index (Phi) is 4.62. The molecule has 0 unspecified atom stereocenters. The molecule has 1 aromatic rings. The summed E-state index contributed by atoms with van der Waals surface area (Å²) in [6.07, 6.45) is 4.85. The maximum absolute atomic E-state index is 11.7. The Morgan fingerprint density at radius 3 is 2.40 bits per heavy atom. The molecule has 1 heterocycles. The van der Waals surface area contributed by atoms with Crippen LogP contribution in [-0.4, -0.2) is 21.8 Å². The van der Waals surface area contributed by atoms with E-state index in [0.29, 0.717) is 13.2 Å². The first kappa shape index (κ1) is 12.0. The third-order valence-corrected chi connectivity index (χ3v) is 2.17. The summed E-state index contributed by atoms with van der Waals surface area (Å²) in [6, 6.07) is 0. The quantitative estimate of drug-likeness (QED) is 0.716. The Balaban J connectivity index is 2.51. The molecule has 4 nitrogen and oxygen atoms in total. The van der Waals surface area contributed by atoms with Crippen LogP contribution >= 0.6 is 0 Å². The molecule has 1 rings (SSSR count). The average molecular weight is 212 g/mol. The first-order valence-corrected chi connectivity index (χ1v) is 5.52. The van der Waals surface area contributed by atoms with Crippen molar-refractivity contribution < 1.29 is 4.74 Å². The molecule has 86 valence electrons. The smallest absolute Gasteiger partial charge is 0.328 e. The van der Waals surface area contributed by atoms with Gasteiger partial charge in [0.05, 0.1) is 19.3 Å². The molecule has 0 aliphatic rings. The number of aromatic nitrogens is 2. The normalized spacial score (nSPS) is 11.2. The van der Waals surface area contributed by atoms with Crippen molar-refractivity contribution in [2.24, 2.45) is 0 Å². The second-order valence-electron chi connectivity index (χ2n) is 3.89. The van der Waals surface area contributed by atoms with Crippen LogP contribution in [0.25, 0.3) is 0 Å². The van der Waals surface area contributed by atoms with Gasteiger partial charge in [-0.25, -0.2) is 4.79 Å². The highest BCUT2D eigenvalue weighted by molar-refractivity contribution is 4.81. The molecule has 0 atom stereocenters. The van der Waals surface area contributed by atoms with Crippen LogP contribution in [0, 0.1) is 0 Å². The Labute approximate surface area is 90.5 Å². The minimum atomic E-state index is 0.0595. The van der Waals surface area contributed by atoms with Gasteiger partial charge in [0.15, 0.2) is 0 Å². The van der Waals surface area contributed by atoms with E-state index in [9.17, 15) is 4.79 Å². The van der Waals surface area contributed by atoms with Crippen molar-refractivity contribution in [3.8, 4) is 0 Å². The number of aryl methyl sites for hydroxylation is 1. The van der Waals surface area contributed by atoms with Crippen LogP contribution in [0.3, 0.4) is 0 Å². The lowest BCUT2D eigenvalue weighted by molar-refractivity contribution is 0.0722. The van der Waals surface area contributed by atoms with Crippen molar-refractivity contribution >= 4 is 0 Å². The van der Waals surface area contributed by atoms with Gasteiger partial charge in [-0.1, -0.05) is 6.92 Å². The van der Waals surface area contributed by atoms with E-state index in [1.54, 1.807) is 9.13 Å². The summed E-state index contributed by atoms with van der Waals surface area (Å²) >= 11 is 0. The standard InChI is InChI=1S/C11H20N2O2/c1-4-5-12-6-7-13(11(12)14)8-9-15-10(2)3/h6-7,10H,4-5,8-9H2,1-3H3. The summed E-state index contributed by atoms with van der Waals surface area (Å²) in [6.45, 7) is 8.06. The molecule has 4 heteroatoms. The molecule has 0 aromatic carbocycles. The van der Waals surface area contributed by atoms with Gasteiger partial charge in [0.2, 0.25) is 0 Å². The highest BCUT2D eigenvalue weighted by Crippen LogP contribution is 1.91. The van der Waals surface area contributed by atoms with Crippen LogP contribution in [0.15, 0.2) is 17.2 Å². The molecule has 0 saturated carbocycles. The highest BCUT2D eigenvalue weighted by atomic mass is 16.5. The Bertz CT molecular complexity index is 339. The number of imidazole rings is 1. The van der Waals surface area contributed by atoms with Crippen molar-refractivity contribution in [1.29, 1.82) is 0 Å². The maximum atomic E-state index is 11.7. The monoisotopic (exact) mass is 212 g/mol. The summed E-state index contributed by atoms with van der Waals surface area (Å²) in [4.78, 5) is 11.7. The number of nitrogens with zero attached hydrogens (tertiary/aromatic N) is 2. The largest absolute Gasteiger partial charge is 0.377 e. The van der Waals surface area contributed by atoms with E-state index in [4.69, 9.17) is 4.74 Å². The van der Waals surface area contributed by atoms with E-state index in [0.717, 1.165) is 13.0 Å². The van der Waals surface area contributed by atoms with Crippen molar-refractivity contribution in [2.75, 3.05) is 6.61 Å². The molecule has 0 radical (unpaired) electrons. The summed E-state index contributed by atoms with van der Waals surface area (Å²) in [5, 5.41) is 0. The molecular weight excluding hydrogens is 192 g/mol. The van der Waals surface area contributed by atoms with Gasteiger partial charge in [-0.2, -0.15) is 0 Å². The van der Waals surface area contributed by atoms with Crippen molar-refractivity contribution in [3.63, 3.8) is 0 Å². The average Bonchev–Trinajstić information content (AvgIpc) is 2.50. The van der Waals surface area contributed by atoms with Crippen LogP contribution in [0.2, 0.25) is 0 Å². The zero-order valence-electron chi connectivity index (χ0n) is 9.77. The van der Waals surface area contributed by atoms with Gasteiger partial charge in [0.25, 0.3) is 0 Å². The molecule has 15 heavy (non-hydrogen) atoms. The Morgan fingerprint density at radius 2 is 1.87 bits per heavy atom. The van der Waals surface area contributed by atoms with Gasteiger partial charge >= 0.3 is 5.69 Å². The van der Waals surface area contributed by atoms with E-state index >= 15 is 0 Å². The Morgan fingerprint density at radius 1 is 1.27 bits per heavy atom. The third-order valence-electron chi connectivity index (χ3n) is 2.17. The summed E-state index contributed by atoms with van der Waals surface area (Å²) in [5.41, 5.74) is 0.0595. The topological polar surface area (TPSA) is 36.2 Å². The fourth-order valence-corrected chi connectivity index (χ4v) is 1.42. The number of hydrogen-bond acceptors (Lipinski definition) is 2. The lowest BCUT2D eigenvalue weighted by Crippen LogP contribution is -2.25. The fraction of sp³-hybridized carbons (Fsp3) is 0.727. The van der Waals surface area contributed by atoms with E-state index in [-0.39, 0.29) is 11.8 Å². The Hall–Kier alpha value is -1.03. The second-order valence-corrected chi connectivity index (χ2v) is 3.89. The predicted molar refractivity (Wildman–Crippen MR) is 60.1 cm³/mol. The van der Waals surface area contributed by atoms with Gasteiger partial charge < -0.3 is 4.74 Å². The van der Waals surface area contributed by atoms with Crippen molar-refractivity contribution in [2.45, 2.75) is 46.4 Å². The number of rotatable bonds is 6. The predicted octanol–water partition coefficient (Wildman–Crippen LogP) is 1.48. The third kappa shape index (κ3) is 3.55. The number of hydrogen-bond donors (Lipinski definition) is 0. The van der Waals surface area contributed by atoms with Gasteiger partial charge in [-0.3, -0.25) is 9.13 Å². The molecule has 1 aromatic heterocycles. The van der Waals surface area contributed by atoms with Crippen LogP contribution in [0.4, 0.5) is 0 Å². The molecule has 0 aliphatic carbocycles. The lowest BCUT2D eigenvalue weighted by atomic mass is 10.5. The second kappa shape index (κ2) is 5.75. The molecule has 0 amide bonds. The van der Waals surface area contributed by atoms with Gasteiger partial charge in [-0.15, -0.1) is 0 Å². The molecular formula is C11H20N2O2. The van der Waals surface area contributed by atoms with Crippen LogP contribution in [0.5, 0.6) is 0 Å². The first-order chi connectivity index (χ1) is 7.15. The molecule has 0 aliphatic heterocycles. The molecule has 0 saturated heterocycles. The summed E-state index contributed by atoms with van der Waals surface area (Å²) in [5.74, 6) is 0. The SMILES string of the molecule is CCCn1ccn(CCOC(C)C)c1=O. The lowest BCUT2D eigenvalue weighted by Gasteiger charge is -2.07. The van der Waals surface area contributed by atoms with E-state index in [1.165, 1.54) is 0 Å². The zero-order chi connectivity index (χ0) is 11.3. The van der Waals surface area contributed by atoms with Crippen molar-refractivity contribution in [1.82, 2.24) is 9.13 Å². The molecule has 0 bridgehead atoms. The summed E-state index contributed by atoms with van der Waals surface area (Å²) in [7, 11) is 0. The minimum absolute atomic E-state index is 0.0595. The molecule has 0 spiro atoms. The minimum Gasteiger partial charge on any atom is -0.377 e. The summed E-state index contributed by atoms with van der Waals surface area (Å²) < 4.78 is 8.83. The zero-order valence-corrected chi connectivity index (χ0v) is 9.77.